The van der Waals surface area contributed by atoms with Crippen molar-refractivity contribution < 1.29 is 23.9 Å². The Bertz CT molecular complexity index is 1390. The van der Waals surface area contributed by atoms with Crippen LogP contribution in [-0.2, 0) is 14.3 Å². The number of nitriles is 1. The SMILES string of the molecule is Cc1ccc(C(=O)COC(=O)c2ccc(N3C(=O)CC(Sc4nc(C)ccc4C#N)C3=O)cc2)cc1. The summed E-state index contributed by atoms with van der Waals surface area (Å²) in [5.74, 6) is -1.82. The fourth-order valence-electron chi connectivity index (χ4n) is 3.59. The van der Waals surface area contributed by atoms with Crippen molar-refractivity contribution in [2.45, 2.75) is 30.5 Å². The first-order valence-corrected chi connectivity index (χ1v) is 11.9. The van der Waals surface area contributed by atoms with Crippen molar-refractivity contribution in [2.75, 3.05) is 11.5 Å². The summed E-state index contributed by atoms with van der Waals surface area (Å²) in [6.45, 7) is 3.29. The Balaban J connectivity index is 1.40. The Labute approximate surface area is 211 Å². The number of esters is 1. The van der Waals surface area contributed by atoms with Crippen molar-refractivity contribution in [1.29, 1.82) is 5.26 Å². The molecule has 0 N–H and O–H groups in total. The van der Waals surface area contributed by atoms with Crippen molar-refractivity contribution >= 4 is 41.0 Å². The molecular formula is C27H21N3O5S. The number of aryl methyl sites for hydroxylation is 2. The molecule has 1 saturated heterocycles. The molecule has 36 heavy (non-hydrogen) atoms. The largest absolute Gasteiger partial charge is 0.454 e. The molecule has 1 aliphatic rings. The molecule has 0 bridgehead atoms. The van der Waals surface area contributed by atoms with E-state index >= 15 is 0 Å². The molecule has 3 aromatic rings. The Morgan fingerprint density at radius 1 is 1.03 bits per heavy atom. The van der Waals surface area contributed by atoms with Gasteiger partial charge in [0.15, 0.2) is 12.4 Å². The van der Waals surface area contributed by atoms with Crippen LogP contribution in [0.1, 0.15) is 44.0 Å². The summed E-state index contributed by atoms with van der Waals surface area (Å²) in [7, 11) is 0. The lowest BCUT2D eigenvalue weighted by molar-refractivity contribution is -0.121. The molecule has 0 spiro atoms. The fraction of sp³-hybridized carbons (Fsp3) is 0.185. The monoisotopic (exact) mass is 499 g/mol. The maximum atomic E-state index is 13.0. The lowest BCUT2D eigenvalue weighted by Gasteiger charge is -2.15. The van der Waals surface area contributed by atoms with E-state index in [4.69, 9.17) is 4.74 Å². The average molecular weight is 500 g/mol. The molecule has 0 aliphatic carbocycles. The number of aromatic nitrogens is 1. The molecule has 1 fully saturated rings. The molecule has 4 rings (SSSR count). The number of thioether (sulfide) groups is 1. The number of nitrogens with zero attached hydrogens (tertiary/aromatic N) is 3. The number of carbonyl (C=O) groups excluding carboxylic acids is 4. The number of ketones is 1. The molecule has 1 atom stereocenters. The molecule has 2 amide bonds. The third-order valence-corrected chi connectivity index (χ3v) is 6.74. The van der Waals surface area contributed by atoms with Crippen LogP contribution in [0.25, 0.3) is 0 Å². The average Bonchev–Trinajstić information content (AvgIpc) is 3.15. The highest BCUT2D eigenvalue weighted by atomic mass is 32.2. The number of amides is 2. The van der Waals surface area contributed by atoms with E-state index < -0.39 is 23.7 Å². The standard InChI is InChI=1S/C27H21N3O5S/c1-16-3-6-18(7-4-16)22(31)15-35-27(34)19-9-11-21(12-10-19)30-24(32)13-23(26(30)33)36-25-20(14-28)8-5-17(2)29-25/h3-12,23H,13,15H2,1-2H3. The van der Waals surface area contributed by atoms with Crippen LogP contribution in [0.5, 0.6) is 0 Å². The number of Topliss-reactive ketones (excluding diaryl/α,β-unsaturated/α-hetero) is 1. The Hall–Kier alpha value is -4.29. The molecular weight excluding hydrogens is 478 g/mol. The molecule has 2 heterocycles. The zero-order valence-electron chi connectivity index (χ0n) is 19.6. The van der Waals surface area contributed by atoms with Crippen LogP contribution < -0.4 is 4.90 Å². The molecule has 0 radical (unpaired) electrons. The van der Waals surface area contributed by atoms with E-state index in [1.165, 1.54) is 24.3 Å². The molecule has 1 aromatic heterocycles. The predicted octanol–water partition coefficient (Wildman–Crippen LogP) is 4.03. The van der Waals surface area contributed by atoms with Crippen LogP contribution >= 0.6 is 11.8 Å². The molecule has 9 heteroatoms. The molecule has 1 unspecified atom stereocenters. The fourth-order valence-corrected chi connectivity index (χ4v) is 4.73. The van der Waals surface area contributed by atoms with Crippen LogP contribution in [0.2, 0.25) is 0 Å². The molecule has 8 nitrogen and oxygen atoms in total. The van der Waals surface area contributed by atoms with Gasteiger partial charge in [-0.1, -0.05) is 41.6 Å². The molecule has 2 aromatic carbocycles. The molecule has 180 valence electrons. The maximum Gasteiger partial charge on any atom is 0.338 e. The highest BCUT2D eigenvalue weighted by Gasteiger charge is 2.40. The van der Waals surface area contributed by atoms with E-state index in [1.54, 1.807) is 43.3 Å². The number of carbonyl (C=O) groups is 4. The normalized spacial score (nSPS) is 15.0. The van der Waals surface area contributed by atoms with Crippen LogP contribution in [0.4, 0.5) is 5.69 Å². The van der Waals surface area contributed by atoms with E-state index in [1.807, 2.05) is 6.92 Å². The van der Waals surface area contributed by atoms with Crippen molar-refractivity contribution in [3.8, 4) is 6.07 Å². The number of hydrogen-bond acceptors (Lipinski definition) is 8. The van der Waals surface area contributed by atoms with Gasteiger partial charge in [-0.25, -0.2) is 14.7 Å². The summed E-state index contributed by atoms with van der Waals surface area (Å²) in [5, 5.41) is 9.01. The van der Waals surface area contributed by atoms with E-state index in [-0.39, 0.29) is 23.7 Å². The van der Waals surface area contributed by atoms with Gasteiger partial charge >= 0.3 is 5.97 Å². The number of imide groups is 1. The summed E-state index contributed by atoms with van der Waals surface area (Å²) < 4.78 is 5.12. The second-order valence-electron chi connectivity index (χ2n) is 8.21. The minimum atomic E-state index is -0.712. The van der Waals surface area contributed by atoms with Gasteiger partial charge in [-0.05, 0) is 50.2 Å². The summed E-state index contributed by atoms with van der Waals surface area (Å²) >= 11 is 1.09. The van der Waals surface area contributed by atoms with Crippen molar-refractivity contribution in [3.05, 3.63) is 88.6 Å². The smallest absolute Gasteiger partial charge is 0.338 e. The zero-order chi connectivity index (χ0) is 25.8. The lowest BCUT2D eigenvalue weighted by atomic mass is 10.1. The van der Waals surface area contributed by atoms with Crippen molar-refractivity contribution in [1.82, 2.24) is 4.98 Å². The van der Waals surface area contributed by atoms with Gasteiger partial charge in [0.05, 0.1) is 22.1 Å². The maximum absolute atomic E-state index is 13.0. The molecule has 0 saturated carbocycles. The van der Waals surface area contributed by atoms with Crippen molar-refractivity contribution in [2.24, 2.45) is 0 Å². The van der Waals surface area contributed by atoms with Gasteiger partial charge in [0.2, 0.25) is 11.8 Å². The van der Waals surface area contributed by atoms with Gasteiger partial charge in [-0.15, -0.1) is 0 Å². The van der Waals surface area contributed by atoms with E-state index in [2.05, 4.69) is 11.1 Å². The first-order valence-electron chi connectivity index (χ1n) is 11.0. The van der Waals surface area contributed by atoms with E-state index in [0.717, 1.165) is 22.2 Å². The first kappa shape index (κ1) is 24.8. The van der Waals surface area contributed by atoms with Crippen LogP contribution in [0, 0.1) is 25.2 Å². The molecule has 1 aliphatic heterocycles. The van der Waals surface area contributed by atoms with Gasteiger partial charge in [0, 0.05) is 17.7 Å². The van der Waals surface area contributed by atoms with Gasteiger partial charge in [-0.2, -0.15) is 5.26 Å². The first-order chi connectivity index (χ1) is 17.3. The topological polar surface area (TPSA) is 117 Å². The van der Waals surface area contributed by atoms with Gasteiger partial charge in [0.1, 0.15) is 11.1 Å². The van der Waals surface area contributed by atoms with Gasteiger partial charge in [-0.3, -0.25) is 14.4 Å². The van der Waals surface area contributed by atoms with Crippen molar-refractivity contribution in [3.63, 3.8) is 0 Å². The number of benzene rings is 2. The van der Waals surface area contributed by atoms with Crippen LogP contribution in [0.3, 0.4) is 0 Å². The second-order valence-corrected chi connectivity index (χ2v) is 9.40. The van der Waals surface area contributed by atoms with E-state index in [9.17, 15) is 24.4 Å². The highest BCUT2D eigenvalue weighted by Crippen LogP contribution is 2.34. The van der Waals surface area contributed by atoms with E-state index in [0.29, 0.717) is 27.5 Å². The highest BCUT2D eigenvalue weighted by molar-refractivity contribution is 8.00. The van der Waals surface area contributed by atoms with Crippen LogP contribution in [0.15, 0.2) is 65.7 Å². The third kappa shape index (κ3) is 5.34. The summed E-state index contributed by atoms with van der Waals surface area (Å²) in [4.78, 5) is 55.6. The number of hydrogen-bond donors (Lipinski definition) is 0. The lowest BCUT2D eigenvalue weighted by Crippen LogP contribution is -2.31. The Morgan fingerprint density at radius 2 is 1.69 bits per heavy atom. The number of anilines is 1. The Morgan fingerprint density at radius 3 is 2.36 bits per heavy atom. The van der Waals surface area contributed by atoms with Crippen LogP contribution in [-0.4, -0.2) is 40.4 Å². The number of pyridine rings is 1. The Kier molecular flexibility index (Phi) is 7.27. The summed E-state index contributed by atoms with van der Waals surface area (Å²) in [6.07, 6.45) is -0.0328. The number of rotatable bonds is 7. The quantitative estimate of drug-likeness (QED) is 0.272. The second kappa shape index (κ2) is 10.5. The minimum Gasteiger partial charge on any atom is -0.454 e. The number of ether oxygens (including phenoxy) is 1. The third-order valence-electron chi connectivity index (χ3n) is 5.55. The summed E-state index contributed by atoms with van der Waals surface area (Å²) in [6, 6.07) is 18.2. The summed E-state index contributed by atoms with van der Waals surface area (Å²) in [5.41, 5.74) is 3.01. The zero-order valence-corrected chi connectivity index (χ0v) is 20.4. The minimum absolute atomic E-state index is 0.0328. The van der Waals surface area contributed by atoms with Gasteiger partial charge in [0.25, 0.3) is 0 Å². The van der Waals surface area contributed by atoms with Gasteiger partial charge < -0.3 is 4.74 Å². The predicted molar refractivity (Wildman–Crippen MR) is 133 cm³/mol.